The van der Waals surface area contributed by atoms with Crippen molar-refractivity contribution in [3.8, 4) is 0 Å². The van der Waals surface area contributed by atoms with Crippen molar-refractivity contribution in [1.82, 2.24) is 9.80 Å². The zero-order chi connectivity index (χ0) is 26.2. The first-order valence-corrected chi connectivity index (χ1v) is 13.3. The largest absolute Gasteiger partial charge is 0.445 e. The van der Waals surface area contributed by atoms with Crippen molar-refractivity contribution in [3.63, 3.8) is 0 Å². The van der Waals surface area contributed by atoms with Crippen LogP contribution in [0.4, 0.5) is 4.79 Å². The summed E-state index contributed by atoms with van der Waals surface area (Å²) >= 11 is 0. The van der Waals surface area contributed by atoms with E-state index in [9.17, 15) is 14.7 Å². The number of piperazine rings is 1. The molecule has 196 valence electrons. The number of aliphatic hydroxyl groups excluding tert-OH is 1. The zero-order valence-corrected chi connectivity index (χ0v) is 21.9. The van der Waals surface area contributed by atoms with Crippen molar-refractivity contribution in [2.24, 2.45) is 5.92 Å². The maximum atomic E-state index is 13.6. The Morgan fingerprint density at radius 2 is 1.59 bits per heavy atom. The van der Waals surface area contributed by atoms with Crippen LogP contribution in [0, 0.1) is 5.92 Å². The van der Waals surface area contributed by atoms with Gasteiger partial charge in [-0.1, -0.05) is 86.6 Å². The van der Waals surface area contributed by atoms with Crippen LogP contribution < -0.4 is 0 Å². The monoisotopic (exact) mass is 502 g/mol. The molecule has 3 aromatic rings. The minimum atomic E-state index is -0.359. The molecular formula is C31H38N2O4. The van der Waals surface area contributed by atoms with Crippen LogP contribution in [0.25, 0.3) is 10.8 Å². The van der Waals surface area contributed by atoms with E-state index in [1.165, 1.54) is 0 Å². The van der Waals surface area contributed by atoms with E-state index in [2.05, 4.69) is 38.1 Å². The molecule has 1 aliphatic heterocycles. The number of nitrogens with zero attached hydrogens (tertiary/aromatic N) is 2. The first-order chi connectivity index (χ1) is 17.9. The molecule has 3 aromatic carbocycles. The highest BCUT2D eigenvalue weighted by atomic mass is 16.6. The summed E-state index contributed by atoms with van der Waals surface area (Å²) in [6, 6.07) is 23.7. The molecule has 1 heterocycles. The molecule has 1 N–H and O–H groups in total. The van der Waals surface area contributed by atoms with E-state index < -0.39 is 0 Å². The van der Waals surface area contributed by atoms with Gasteiger partial charge < -0.3 is 19.6 Å². The summed E-state index contributed by atoms with van der Waals surface area (Å²) in [5, 5.41) is 11.8. The van der Waals surface area contributed by atoms with Gasteiger partial charge in [-0.3, -0.25) is 4.79 Å². The Labute approximate surface area is 219 Å². The Bertz CT molecular complexity index is 1180. The molecule has 1 saturated heterocycles. The summed E-state index contributed by atoms with van der Waals surface area (Å²) < 4.78 is 5.68. The van der Waals surface area contributed by atoms with E-state index in [-0.39, 0.29) is 37.3 Å². The van der Waals surface area contributed by atoms with E-state index in [4.69, 9.17) is 4.74 Å². The van der Waals surface area contributed by atoms with Crippen LogP contribution in [0.3, 0.4) is 0 Å². The lowest BCUT2D eigenvalue weighted by molar-refractivity contribution is -0.137. The van der Waals surface area contributed by atoms with Gasteiger partial charge in [0.2, 0.25) is 5.91 Å². The van der Waals surface area contributed by atoms with Gasteiger partial charge in [-0.2, -0.15) is 0 Å². The standard InChI is InChI=1S/C31H38N2O4/c1-23(2)17-29-21-33(31(36)37-22-24-9-4-3-5-10-24)28(13-8-16-34)20-32(29)30(35)19-25-14-15-26-11-6-7-12-27(26)18-25/h3-7,9-12,14-15,18,23,28-29,34H,8,13,16-17,19-22H2,1-2H3/t28-,29-/m1/s1. The van der Waals surface area contributed by atoms with E-state index in [1.807, 2.05) is 53.4 Å². The molecule has 6 heteroatoms. The summed E-state index contributed by atoms with van der Waals surface area (Å²) in [7, 11) is 0. The van der Waals surface area contributed by atoms with Gasteiger partial charge in [0.05, 0.1) is 12.5 Å². The van der Waals surface area contributed by atoms with E-state index >= 15 is 0 Å². The summed E-state index contributed by atoms with van der Waals surface area (Å²) in [6.45, 7) is 5.42. The molecule has 37 heavy (non-hydrogen) atoms. The molecule has 0 unspecified atom stereocenters. The topological polar surface area (TPSA) is 70.1 Å². The van der Waals surface area contributed by atoms with Gasteiger partial charge in [-0.05, 0) is 47.1 Å². The van der Waals surface area contributed by atoms with Crippen LogP contribution in [0.1, 0.15) is 44.2 Å². The van der Waals surface area contributed by atoms with Crippen molar-refractivity contribution in [1.29, 1.82) is 0 Å². The fourth-order valence-corrected chi connectivity index (χ4v) is 5.23. The van der Waals surface area contributed by atoms with Crippen LogP contribution in [-0.2, 0) is 22.6 Å². The normalized spacial score (nSPS) is 17.8. The number of hydrogen-bond donors (Lipinski definition) is 1. The molecule has 1 aliphatic rings. The summed E-state index contributed by atoms with van der Waals surface area (Å²) in [4.78, 5) is 30.6. The average Bonchev–Trinajstić information content (AvgIpc) is 2.91. The molecule has 0 aliphatic carbocycles. The zero-order valence-electron chi connectivity index (χ0n) is 21.9. The highest BCUT2D eigenvalue weighted by molar-refractivity contribution is 5.85. The molecular weight excluding hydrogens is 464 g/mol. The first kappa shape index (κ1) is 26.7. The third kappa shape index (κ3) is 7.10. The third-order valence-electron chi connectivity index (χ3n) is 7.06. The lowest BCUT2D eigenvalue weighted by Gasteiger charge is -2.46. The van der Waals surface area contributed by atoms with Crippen molar-refractivity contribution >= 4 is 22.8 Å². The lowest BCUT2D eigenvalue weighted by atomic mass is 9.95. The van der Waals surface area contributed by atoms with Gasteiger partial charge in [0.1, 0.15) is 6.61 Å². The Morgan fingerprint density at radius 3 is 2.32 bits per heavy atom. The smallest absolute Gasteiger partial charge is 0.410 e. The molecule has 0 aromatic heterocycles. The molecule has 0 bridgehead atoms. The Balaban J connectivity index is 1.50. The summed E-state index contributed by atoms with van der Waals surface area (Å²) in [5.74, 6) is 0.449. The van der Waals surface area contributed by atoms with E-state index in [0.717, 1.165) is 28.3 Å². The molecule has 1 fully saturated rings. The molecule has 0 saturated carbocycles. The van der Waals surface area contributed by atoms with Crippen LogP contribution in [0.15, 0.2) is 72.8 Å². The molecule has 4 rings (SSSR count). The summed E-state index contributed by atoms with van der Waals surface area (Å²) in [5.41, 5.74) is 1.93. The predicted octanol–water partition coefficient (Wildman–Crippen LogP) is 5.42. The van der Waals surface area contributed by atoms with Gasteiger partial charge >= 0.3 is 6.09 Å². The van der Waals surface area contributed by atoms with Crippen molar-refractivity contribution in [3.05, 3.63) is 83.9 Å². The first-order valence-electron chi connectivity index (χ1n) is 13.3. The van der Waals surface area contributed by atoms with Gasteiger partial charge in [0.25, 0.3) is 0 Å². The quantitative estimate of drug-likeness (QED) is 0.424. The number of rotatable bonds is 9. The molecule has 6 nitrogen and oxygen atoms in total. The number of fused-ring (bicyclic) bond motifs is 1. The molecule has 0 radical (unpaired) electrons. The van der Waals surface area contributed by atoms with Gasteiger partial charge in [0, 0.05) is 25.7 Å². The predicted molar refractivity (Wildman–Crippen MR) is 146 cm³/mol. The maximum absolute atomic E-state index is 13.6. The fourth-order valence-electron chi connectivity index (χ4n) is 5.23. The van der Waals surface area contributed by atoms with Crippen LogP contribution in [-0.4, -0.2) is 58.7 Å². The molecule has 0 spiro atoms. The molecule has 2 amide bonds. The number of carbonyl (C=O) groups excluding carboxylic acids is 2. The SMILES string of the molecule is CC(C)C[C@@H]1CN(C(=O)OCc2ccccc2)[C@H](CCCO)CN1C(=O)Cc1ccc2ccccc2c1. The highest BCUT2D eigenvalue weighted by Gasteiger charge is 2.39. The number of benzene rings is 3. The van der Waals surface area contributed by atoms with Crippen molar-refractivity contribution < 1.29 is 19.4 Å². The van der Waals surface area contributed by atoms with Crippen molar-refractivity contribution in [2.75, 3.05) is 19.7 Å². The second-order valence-corrected chi connectivity index (χ2v) is 10.4. The Morgan fingerprint density at radius 1 is 0.892 bits per heavy atom. The van der Waals surface area contributed by atoms with Gasteiger partial charge in [-0.15, -0.1) is 0 Å². The average molecular weight is 503 g/mol. The third-order valence-corrected chi connectivity index (χ3v) is 7.06. The Kier molecular flexibility index (Phi) is 9.18. The Hall–Kier alpha value is -3.38. The number of aliphatic hydroxyl groups is 1. The van der Waals surface area contributed by atoms with Crippen LogP contribution in [0.2, 0.25) is 0 Å². The molecule has 2 atom stereocenters. The second-order valence-electron chi connectivity index (χ2n) is 10.4. The van der Waals surface area contributed by atoms with Crippen LogP contribution >= 0.6 is 0 Å². The summed E-state index contributed by atoms with van der Waals surface area (Å²) in [6.07, 6.45) is 1.95. The van der Waals surface area contributed by atoms with Gasteiger partial charge in [-0.25, -0.2) is 4.79 Å². The second kappa shape index (κ2) is 12.7. The van der Waals surface area contributed by atoms with Gasteiger partial charge in [0.15, 0.2) is 0 Å². The highest BCUT2D eigenvalue weighted by Crippen LogP contribution is 2.26. The number of amides is 2. The maximum Gasteiger partial charge on any atom is 0.410 e. The lowest BCUT2D eigenvalue weighted by Crippen LogP contribution is -2.61. The van der Waals surface area contributed by atoms with Crippen LogP contribution in [0.5, 0.6) is 0 Å². The number of carbonyl (C=O) groups is 2. The fraction of sp³-hybridized carbons (Fsp3) is 0.419. The number of ether oxygens (including phenoxy) is 1. The van der Waals surface area contributed by atoms with Crippen molar-refractivity contribution in [2.45, 2.75) is 58.2 Å². The number of hydrogen-bond acceptors (Lipinski definition) is 4. The van der Waals surface area contributed by atoms with E-state index in [1.54, 1.807) is 4.90 Å². The minimum absolute atomic E-state index is 0.0455. The minimum Gasteiger partial charge on any atom is -0.445 e. The van der Waals surface area contributed by atoms with E-state index in [0.29, 0.717) is 38.3 Å².